The fraction of sp³-hybridized carbons (Fsp3) is 0.423. The lowest BCUT2D eigenvalue weighted by Gasteiger charge is -2.40. The van der Waals surface area contributed by atoms with Gasteiger partial charge in [0, 0.05) is 37.7 Å². The Bertz CT molecular complexity index is 1140. The van der Waals surface area contributed by atoms with Crippen molar-refractivity contribution in [1.82, 2.24) is 9.80 Å². The van der Waals surface area contributed by atoms with Crippen molar-refractivity contribution in [2.24, 2.45) is 0 Å². The fourth-order valence-corrected chi connectivity index (χ4v) is 4.90. The number of piperidine rings is 1. The molecule has 0 aliphatic carbocycles. The van der Waals surface area contributed by atoms with Crippen LogP contribution in [0, 0.1) is 0 Å². The molecule has 3 aliphatic heterocycles. The molecular weight excluding hydrogens is 450 g/mol. The molecule has 5 rings (SSSR count). The Morgan fingerprint density at radius 1 is 1.03 bits per heavy atom. The van der Waals surface area contributed by atoms with E-state index < -0.39 is 0 Å². The van der Waals surface area contributed by atoms with Gasteiger partial charge >= 0.3 is 6.09 Å². The van der Waals surface area contributed by atoms with Gasteiger partial charge in [-0.15, -0.1) is 0 Å². The largest absolute Gasteiger partial charge is 0.496 e. The quantitative estimate of drug-likeness (QED) is 0.655. The van der Waals surface area contributed by atoms with Crippen LogP contribution in [0.15, 0.2) is 42.5 Å². The first-order valence-electron chi connectivity index (χ1n) is 11.9. The van der Waals surface area contributed by atoms with Crippen LogP contribution < -0.4 is 14.4 Å². The number of likely N-dealkylation sites (tertiary alicyclic amines) is 2. The number of nitrogens with zero attached hydrogens (tertiary/aromatic N) is 3. The molecule has 0 aromatic heterocycles. The zero-order valence-electron chi connectivity index (χ0n) is 19.9. The second-order valence-corrected chi connectivity index (χ2v) is 9.10. The number of rotatable bonds is 5. The first kappa shape index (κ1) is 23.0. The highest BCUT2D eigenvalue weighted by molar-refractivity contribution is 5.97. The molecule has 0 bridgehead atoms. The van der Waals surface area contributed by atoms with Crippen molar-refractivity contribution in [2.75, 3.05) is 38.2 Å². The predicted octanol–water partition coefficient (Wildman–Crippen LogP) is 3.07. The van der Waals surface area contributed by atoms with E-state index in [0.717, 1.165) is 11.3 Å². The molecule has 3 aliphatic rings. The van der Waals surface area contributed by atoms with Gasteiger partial charge in [0.25, 0.3) is 5.91 Å². The number of amides is 3. The van der Waals surface area contributed by atoms with Crippen molar-refractivity contribution in [3.63, 3.8) is 0 Å². The van der Waals surface area contributed by atoms with Crippen LogP contribution in [-0.2, 0) is 16.1 Å². The topological polar surface area (TPSA) is 88.6 Å². The minimum Gasteiger partial charge on any atom is -0.496 e. The van der Waals surface area contributed by atoms with Gasteiger partial charge in [0.15, 0.2) is 0 Å². The summed E-state index contributed by atoms with van der Waals surface area (Å²) in [7, 11) is 1.53. The third-order valence-corrected chi connectivity index (χ3v) is 6.92. The van der Waals surface area contributed by atoms with E-state index >= 15 is 0 Å². The maximum atomic E-state index is 13.3. The molecule has 2 fully saturated rings. The first-order chi connectivity index (χ1) is 16.9. The number of hydrogen-bond donors (Lipinski definition) is 0. The molecule has 0 N–H and O–H groups in total. The molecule has 0 unspecified atom stereocenters. The van der Waals surface area contributed by atoms with Gasteiger partial charge in [-0.25, -0.2) is 4.79 Å². The summed E-state index contributed by atoms with van der Waals surface area (Å²) in [6, 6.07) is 13.0. The molecule has 35 heavy (non-hydrogen) atoms. The third kappa shape index (κ3) is 4.50. The van der Waals surface area contributed by atoms with E-state index in [-0.39, 0.29) is 36.7 Å². The Hall–Kier alpha value is -3.75. The van der Waals surface area contributed by atoms with E-state index in [2.05, 4.69) is 0 Å². The molecule has 0 radical (unpaired) electrons. The molecule has 2 aromatic rings. The average Bonchev–Trinajstić information content (AvgIpc) is 2.85. The maximum Gasteiger partial charge on any atom is 0.414 e. The summed E-state index contributed by atoms with van der Waals surface area (Å²) >= 11 is 0. The lowest BCUT2D eigenvalue weighted by atomic mass is 10.00. The van der Waals surface area contributed by atoms with Crippen molar-refractivity contribution in [1.29, 1.82) is 0 Å². The second-order valence-electron chi connectivity index (χ2n) is 9.10. The molecule has 0 saturated carbocycles. The van der Waals surface area contributed by atoms with Gasteiger partial charge < -0.3 is 24.0 Å². The lowest BCUT2D eigenvalue weighted by Crippen LogP contribution is -2.55. The van der Waals surface area contributed by atoms with Crippen LogP contribution in [0.25, 0.3) is 0 Å². The maximum absolute atomic E-state index is 13.3. The summed E-state index contributed by atoms with van der Waals surface area (Å²) in [5.74, 6) is 0.979. The van der Waals surface area contributed by atoms with Crippen molar-refractivity contribution < 1.29 is 28.6 Å². The zero-order chi connectivity index (χ0) is 24.5. The van der Waals surface area contributed by atoms with Gasteiger partial charge in [0.05, 0.1) is 31.5 Å². The normalized spacial score (nSPS) is 18.5. The summed E-state index contributed by atoms with van der Waals surface area (Å²) in [4.78, 5) is 42.4. The molecule has 3 heterocycles. The van der Waals surface area contributed by atoms with E-state index in [0.29, 0.717) is 56.1 Å². The first-order valence-corrected chi connectivity index (χ1v) is 11.9. The predicted molar refractivity (Wildman–Crippen MR) is 128 cm³/mol. The molecule has 9 heteroatoms. The molecule has 0 atom stereocenters. The van der Waals surface area contributed by atoms with E-state index in [9.17, 15) is 14.4 Å². The lowest BCUT2D eigenvalue weighted by molar-refractivity contribution is -0.137. The number of carbonyl (C=O) groups excluding carboxylic acids is 3. The Balaban J connectivity index is 1.22. The summed E-state index contributed by atoms with van der Waals surface area (Å²) in [5.41, 5.74) is 2.36. The van der Waals surface area contributed by atoms with Crippen LogP contribution in [0.4, 0.5) is 10.5 Å². The van der Waals surface area contributed by atoms with Gasteiger partial charge in [-0.3, -0.25) is 14.5 Å². The number of para-hydroxylation sites is 1. The number of hydrogen-bond acceptors (Lipinski definition) is 6. The number of cyclic esters (lactones) is 1. The minimum absolute atomic E-state index is 0.0253. The second kappa shape index (κ2) is 9.48. The Morgan fingerprint density at radius 2 is 1.77 bits per heavy atom. The van der Waals surface area contributed by atoms with E-state index in [1.807, 2.05) is 24.3 Å². The third-order valence-electron chi connectivity index (χ3n) is 6.92. The van der Waals surface area contributed by atoms with E-state index in [4.69, 9.17) is 14.2 Å². The zero-order valence-corrected chi connectivity index (χ0v) is 19.9. The molecule has 3 amide bonds. The highest BCUT2D eigenvalue weighted by Gasteiger charge is 2.36. The number of carbonyl (C=O) groups is 3. The van der Waals surface area contributed by atoms with Crippen LogP contribution in [0.1, 0.15) is 35.7 Å². The Labute approximate surface area is 204 Å². The van der Waals surface area contributed by atoms with Crippen molar-refractivity contribution in [3.05, 3.63) is 53.6 Å². The van der Waals surface area contributed by atoms with Gasteiger partial charge in [0.2, 0.25) is 5.91 Å². The highest BCUT2D eigenvalue weighted by atomic mass is 16.6. The smallest absolute Gasteiger partial charge is 0.414 e. The number of fused-ring (bicyclic) bond motifs is 1. The van der Waals surface area contributed by atoms with E-state index in [1.54, 1.807) is 39.8 Å². The van der Waals surface area contributed by atoms with Gasteiger partial charge in [0.1, 0.15) is 24.2 Å². The van der Waals surface area contributed by atoms with E-state index in [1.165, 1.54) is 7.11 Å². The van der Waals surface area contributed by atoms with Crippen molar-refractivity contribution in [3.8, 4) is 11.5 Å². The molecule has 0 spiro atoms. The molecule has 184 valence electrons. The van der Waals surface area contributed by atoms with Crippen LogP contribution >= 0.6 is 0 Å². The average molecular weight is 480 g/mol. The van der Waals surface area contributed by atoms with Gasteiger partial charge in [-0.2, -0.15) is 0 Å². The molecular formula is C26H29N3O6. The molecule has 2 aromatic carbocycles. The SMILES string of the molecule is COc1cc(OC2CN(C(C)=O)C2)ccc1C(=O)N1CCC(N2C(=O)OCc3ccccc32)CC1. The molecule has 2 saturated heterocycles. The number of anilines is 1. The standard InChI is InChI=1S/C26H29N3O6/c1-17(30)28-14-21(15-28)35-20-7-8-22(24(13-20)33-2)25(31)27-11-9-19(10-12-27)29-23-6-4-3-5-18(23)16-34-26(29)32/h3-8,13,19,21H,9-12,14-16H2,1-2H3. The monoisotopic (exact) mass is 479 g/mol. The number of benzene rings is 2. The summed E-state index contributed by atoms with van der Waals surface area (Å²) in [6.07, 6.45) is 0.930. The van der Waals surface area contributed by atoms with Gasteiger partial charge in [-0.1, -0.05) is 18.2 Å². The summed E-state index contributed by atoms with van der Waals surface area (Å²) < 4.78 is 16.8. The summed E-state index contributed by atoms with van der Waals surface area (Å²) in [5, 5.41) is 0. The number of methoxy groups -OCH3 is 1. The summed E-state index contributed by atoms with van der Waals surface area (Å²) in [6.45, 7) is 4.00. The number of ether oxygens (including phenoxy) is 3. The minimum atomic E-state index is -0.330. The van der Waals surface area contributed by atoms with Crippen LogP contribution in [0.5, 0.6) is 11.5 Å². The van der Waals surface area contributed by atoms with Crippen LogP contribution in [0.3, 0.4) is 0 Å². The van der Waals surface area contributed by atoms with Crippen molar-refractivity contribution in [2.45, 2.75) is 38.5 Å². The Kier molecular flexibility index (Phi) is 6.23. The van der Waals surface area contributed by atoms with Crippen molar-refractivity contribution >= 4 is 23.6 Å². The fourth-order valence-electron chi connectivity index (χ4n) is 4.90. The molecule has 9 nitrogen and oxygen atoms in total. The van der Waals surface area contributed by atoms with Crippen LogP contribution in [0.2, 0.25) is 0 Å². The van der Waals surface area contributed by atoms with Gasteiger partial charge in [-0.05, 0) is 31.0 Å². The van der Waals surface area contributed by atoms with Crippen LogP contribution in [-0.4, -0.2) is 73.1 Å². The Morgan fingerprint density at radius 3 is 2.49 bits per heavy atom. The highest BCUT2D eigenvalue weighted by Crippen LogP contribution is 2.33.